The monoisotopic (exact) mass is 414 g/mol. The van der Waals surface area contributed by atoms with Crippen LogP contribution >= 0.6 is 0 Å². The zero-order chi connectivity index (χ0) is 21.5. The molecule has 4 nitrogen and oxygen atoms in total. The van der Waals surface area contributed by atoms with Crippen molar-refractivity contribution in [3.8, 4) is 0 Å². The van der Waals surface area contributed by atoms with Crippen LogP contribution in [0, 0.1) is 6.92 Å². The molecule has 0 unspecified atom stereocenters. The molecule has 4 aromatic rings. The first-order valence-corrected chi connectivity index (χ1v) is 10.8. The van der Waals surface area contributed by atoms with E-state index in [9.17, 15) is 0 Å². The van der Waals surface area contributed by atoms with Gasteiger partial charge < -0.3 is 9.97 Å². The molecule has 6 rings (SSSR count). The first-order valence-electron chi connectivity index (χ1n) is 10.8. The molecule has 32 heavy (non-hydrogen) atoms. The van der Waals surface area contributed by atoms with Crippen LogP contribution in [0.2, 0.25) is 0 Å². The summed E-state index contributed by atoms with van der Waals surface area (Å²) in [6, 6.07) is 23.2. The van der Waals surface area contributed by atoms with Crippen LogP contribution in [0.5, 0.6) is 0 Å². The lowest BCUT2D eigenvalue weighted by molar-refractivity contribution is 1.14. The van der Waals surface area contributed by atoms with Crippen LogP contribution in [0.25, 0.3) is 46.4 Å². The van der Waals surface area contributed by atoms with Gasteiger partial charge in [-0.05, 0) is 73.2 Å². The first kappa shape index (κ1) is 18.6. The van der Waals surface area contributed by atoms with Gasteiger partial charge in [-0.25, -0.2) is 9.97 Å². The summed E-state index contributed by atoms with van der Waals surface area (Å²) in [5, 5.41) is 0. The topological polar surface area (TPSA) is 57.4 Å². The van der Waals surface area contributed by atoms with E-state index in [0.29, 0.717) is 0 Å². The summed E-state index contributed by atoms with van der Waals surface area (Å²) in [7, 11) is 0. The Morgan fingerprint density at radius 3 is 2.22 bits per heavy atom. The molecule has 8 bridgehead atoms. The van der Waals surface area contributed by atoms with Crippen LogP contribution in [0.3, 0.4) is 0 Å². The molecule has 0 amide bonds. The fraction of sp³-hybridized carbons (Fsp3) is 0.0714. The Hall–Kier alpha value is -4.18. The van der Waals surface area contributed by atoms with E-state index < -0.39 is 0 Å². The lowest BCUT2D eigenvalue weighted by Gasteiger charge is -2.04. The number of nitrogens with zero attached hydrogens (tertiary/aromatic N) is 2. The van der Waals surface area contributed by atoms with Crippen LogP contribution in [0.15, 0.2) is 66.7 Å². The van der Waals surface area contributed by atoms with E-state index in [0.717, 1.165) is 56.8 Å². The molecule has 1 aromatic carbocycles. The molecule has 0 saturated carbocycles. The number of nitrogens with one attached hydrogen (secondary N) is 2. The fourth-order valence-corrected chi connectivity index (χ4v) is 4.26. The van der Waals surface area contributed by atoms with E-state index >= 15 is 0 Å². The van der Waals surface area contributed by atoms with Crippen molar-refractivity contribution in [1.29, 1.82) is 0 Å². The van der Waals surface area contributed by atoms with E-state index in [2.05, 4.69) is 108 Å². The number of fused-ring (bicyclic) bond motifs is 8. The molecule has 0 saturated heterocycles. The Balaban J connectivity index is 1.67. The zero-order valence-corrected chi connectivity index (χ0v) is 17.8. The van der Waals surface area contributed by atoms with Crippen LogP contribution in [-0.2, 0) is 6.42 Å². The molecular formula is C28H22N4. The molecule has 0 spiro atoms. The summed E-state index contributed by atoms with van der Waals surface area (Å²) in [6.07, 6.45) is 9.13. The average Bonchev–Trinajstić information content (AvgIpc) is 3.61. The van der Waals surface area contributed by atoms with Gasteiger partial charge in [0, 0.05) is 39.6 Å². The first-order chi connectivity index (χ1) is 15.7. The summed E-state index contributed by atoms with van der Waals surface area (Å²) < 4.78 is 0. The second-order valence-corrected chi connectivity index (χ2v) is 8.22. The number of hydrogen-bond acceptors (Lipinski definition) is 2. The van der Waals surface area contributed by atoms with Gasteiger partial charge in [0.05, 0.1) is 22.8 Å². The fourth-order valence-electron chi connectivity index (χ4n) is 4.26. The predicted octanol–water partition coefficient (Wildman–Crippen LogP) is 6.55. The number of aromatic nitrogens is 4. The van der Waals surface area contributed by atoms with Crippen LogP contribution in [-0.4, -0.2) is 19.9 Å². The Morgan fingerprint density at radius 2 is 1.34 bits per heavy atom. The highest BCUT2D eigenvalue weighted by atomic mass is 14.8. The average molecular weight is 415 g/mol. The van der Waals surface area contributed by atoms with Crippen LogP contribution in [0.1, 0.15) is 39.5 Å². The van der Waals surface area contributed by atoms with Gasteiger partial charge in [0.15, 0.2) is 0 Å². The Bertz CT molecular complexity index is 1550. The van der Waals surface area contributed by atoms with Gasteiger partial charge in [-0.2, -0.15) is 0 Å². The van der Waals surface area contributed by atoms with Crippen LogP contribution < -0.4 is 0 Å². The summed E-state index contributed by atoms with van der Waals surface area (Å²) in [6.45, 7) is 2.09. The summed E-state index contributed by atoms with van der Waals surface area (Å²) >= 11 is 0. The molecule has 4 heteroatoms. The quantitative estimate of drug-likeness (QED) is 0.337. The van der Waals surface area contributed by atoms with Gasteiger partial charge in [0.2, 0.25) is 0 Å². The predicted molar refractivity (Wildman–Crippen MR) is 133 cm³/mol. The number of benzene rings is 1. The molecule has 5 heterocycles. The zero-order valence-electron chi connectivity index (χ0n) is 17.8. The lowest BCUT2D eigenvalue weighted by Crippen LogP contribution is -1.93. The highest BCUT2D eigenvalue weighted by Crippen LogP contribution is 2.25. The van der Waals surface area contributed by atoms with Crippen molar-refractivity contribution in [2.75, 3.05) is 0 Å². The number of H-pyrrole nitrogens is 2. The maximum Gasteiger partial charge on any atom is 0.0693 e. The van der Waals surface area contributed by atoms with Crippen LogP contribution in [0.4, 0.5) is 0 Å². The van der Waals surface area contributed by atoms with E-state index in [1.165, 1.54) is 11.1 Å². The summed E-state index contributed by atoms with van der Waals surface area (Å²) in [5.74, 6) is 0. The number of aromatic amines is 2. The molecule has 154 valence electrons. The Morgan fingerprint density at radius 1 is 0.656 bits per heavy atom. The molecular weight excluding hydrogens is 392 g/mol. The Kier molecular flexibility index (Phi) is 4.36. The minimum absolute atomic E-state index is 0.802. The van der Waals surface area contributed by atoms with E-state index in [4.69, 9.17) is 9.97 Å². The van der Waals surface area contributed by atoms with Crippen molar-refractivity contribution < 1.29 is 0 Å². The molecule has 2 N–H and O–H groups in total. The van der Waals surface area contributed by atoms with Crippen molar-refractivity contribution in [1.82, 2.24) is 19.9 Å². The molecule has 2 aliphatic rings. The molecule has 2 aliphatic heterocycles. The van der Waals surface area contributed by atoms with E-state index in [1.807, 2.05) is 0 Å². The molecule has 3 aromatic heterocycles. The van der Waals surface area contributed by atoms with Gasteiger partial charge in [-0.15, -0.1) is 0 Å². The van der Waals surface area contributed by atoms with Crippen molar-refractivity contribution in [3.63, 3.8) is 0 Å². The highest BCUT2D eigenvalue weighted by Gasteiger charge is 2.12. The molecule has 0 radical (unpaired) electrons. The molecule has 0 aliphatic carbocycles. The van der Waals surface area contributed by atoms with E-state index in [-0.39, 0.29) is 0 Å². The number of rotatable bonds is 2. The lowest BCUT2D eigenvalue weighted by atomic mass is 10.0. The Labute approximate surface area is 186 Å². The standard InChI is InChI=1S/C28H22N4/c1-18-25-11-9-22(30-25)16-20-7-8-21(29-20)17-23-10-12-27(31-23)24(28-14-13-26(18)32-28)15-19-5-3-2-4-6-19/h2-14,16-17,29,31H,15H2,1H3. The molecule has 0 fully saturated rings. The maximum atomic E-state index is 5.02. The maximum absolute atomic E-state index is 5.02. The smallest absolute Gasteiger partial charge is 0.0693 e. The van der Waals surface area contributed by atoms with Gasteiger partial charge in [-0.3, -0.25) is 0 Å². The minimum atomic E-state index is 0.802. The third-order valence-electron chi connectivity index (χ3n) is 5.98. The van der Waals surface area contributed by atoms with Crippen molar-refractivity contribution in [3.05, 3.63) is 106 Å². The van der Waals surface area contributed by atoms with Gasteiger partial charge >= 0.3 is 0 Å². The largest absolute Gasteiger partial charge is 0.355 e. The highest BCUT2D eigenvalue weighted by molar-refractivity contribution is 5.81. The minimum Gasteiger partial charge on any atom is -0.355 e. The second kappa shape index (κ2) is 7.50. The summed E-state index contributed by atoms with van der Waals surface area (Å²) in [5.41, 5.74) is 11.6. The third kappa shape index (κ3) is 3.46. The second-order valence-electron chi connectivity index (χ2n) is 8.22. The normalized spacial score (nSPS) is 12.4. The van der Waals surface area contributed by atoms with Crippen molar-refractivity contribution >= 4 is 46.4 Å². The van der Waals surface area contributed by atoms with Gasteiger partial charge in [0.1, 0.15) is 0 Å². The van der Waals surface area contributed by atoms with E-state index in [1.54, 1.807) is 0 Å². The molecule has 0 atom stereocenters. The SMILES string of the molecule is Cc1c2nc(cc3ccc(cc4ccc([nH]4)c(Cc4ccccc4)c4nc1C=C4)[nH]3)C=C2. The summed E-state index contributed by atoms with van der Waals surface area (Å²) in [4.78, 5) is 16.9. The van der Waals surface area contributed by atoms with Crippen molar-refractivity contribution in [2.24, 2.45) is 0 Å². The van der Waals surface area contributed by atoms with Gasteiger partial charge in [-0.1, -0.05) is 30.3 Å². The third-order valence-corrected chi connectivity index (χ3v) is 5.98. The van der Waals surface area contributed by atoms with Gasteiger partial charge in [0.25, 0.3) is 0 Å². The van der Waals surface area contributed by atoms with Crippen molar-refractivity contribution in [2.45, 2.75) is 13.3 Å². The number of hydrogen-bond donors (Lipinski definition) is 2.